The lowest BCUT2D eigenvalue weighted by Crippen LogP contribution is -2.34. The number of anilines is 1. The summed E-state index contributed by atoms with van der Waals surface area (Å²) in [4.78, 5) is 14.5. The number of hydrogen-bond donors (Lipinski definition) is 0. The van der Waals surface area contributed by atoms with Crippen LogP contribution in [0.25, 0.3) is 11.0 Å². The lowest BCUT2D eigenvalue weighted by molar-refractivity contribution is 0.0776. The Morgan fingerprint density at radius 1 is 1.21 bits per heavy atom. The summed E-state index contributed by atoms with van der Waals surface area (Å²) in [5, 5.41) is 1.01. The van der Waals surface area contributed by atoms with Crippen LogP contribution in [0, 0.1) is 0 Å². The van der Waals surface area contributed by atoms with Crippen molar-refractivity contribution in [2.45, 2.75) is 25.9 Å². The lowest BCUT2D eigenvalue weighted by atomic mass is 10.1. The zero-order chi connectivity index (χ0) is 20.1. The number of carbonyl (C=O) groups is 1. The summed E-state index contributed by atoms with van der Waals surface area (Å²) in [7, 11) is -1.61. The molecule has 1 amide bonds. The summed E-state index contributed by atoms with van der Waals surface area (Å²) < 4.78 is 31.3. The minimum atomic E-state index is -3.34. The molecule has 28 heavy (non-hydrogen) atoms. The van der Waals surface area contributed by atoms with Crippen LogP contribution in [0.5, 0.6) is 0 Å². The molecule has 0 saturated carbocycles. The fourth-order valence-corrected chi connectivity index (χ4v) is 5.15. The first-order valence-corrected chi connectivity index (χ1v) is 10.9. The maximum atomic E-state index is 12.9. The first-order valence-electron chi connectivity index (χ1n) is 9.09. The number of rotatable bonds is 4. The van der Waals surface area contributed by atoms with E-state index in [1.165, 1.54) is 10.6 Å². The maximum absolute atomic E-state index is 12.9. The highest BCUT2D eigenvalue weighted by Gasteiger charge is 2.33. The predicted molar refractivity (Wildman–Crippen MR) is 109 cm³/mol. The highest BCUT2D eigenvalue weighted by Crippen LogP contribution is 2.35. The molecule has 1 aliphatic rings. The minimum Gasteiger partial charge on any atom is -0.459 e. The Kier molecular flexibility index (Phi) is 4.42. The van der Waals surface area contributed by atoms with Crippen LogP contribution in [-0.4, -0.2) is 38.6 Å². The van der Waals surface area contributed by atoms with E-state index in [0.717, 1.165) is 22.3 Å². The molecule has 0 spiro atoms. The lowest BCUT2D eigenvalue weighted by Gasteiger charge is -2.22. The summed E-state index contributed by atoms with van der Waals surface area (Å²) in [6.45, 7) is 2.23. The first kappa shape index (κ1) is 18.6. The molecule has 1 aliphatic heterocycles. The molecule has 0 saturated heterocycles. The smallest absolute Gasteiger partial charge is 0.254 e. The highest BCUT2D eigenvalue weighted by molar-refractivity contribution is 7.92. The number of nitrogens with zero attached hydrogens (tertiary/aromatic N) is 2. The van der Waals surface area contributed by atoms with Gasteiger partial charge in [0.15, 0.2) is 0 Å². The van der Waals surface area contributed by atoms with Gasteiger partial charge in [-0.2, -0.15) is 0 Å². The summed E-state index contributed by atoms with van der Waals surface area (Å²) >= 11 is 0. The van der Waals surface area contributed by atoms with Gasteiger partial charge in [-0.15, -0.1) is 0 Å². The molecule has 3 aromatic rings. The Morgan fingerprint density at radius 3 is 2.68 bits per heavy atom. The second-order valence-electron chi connectivity index (χ2n) is 7.37. The van der Waals surface area contributed by atoms with E-state index in [-0.39, 0.29) is 11.9 Å². The molecule has 2 aromatic carbocycles. The van der Waals surface area contributed by atoms with Gasteiger partial charge in [0.05, 0.1) is 18.5 Å². The van der Waals surface area contributed by atoms with Crippen molar-refractivity contribution in [1.82, 2.24) is 4.90 Å². The number of amides is 1. The number of benzene rings is 2. The monoisotopic (exact) mass is 398 g/mol. The Morgan fingerprint density at radius 2 is 1.96 bits per heavy atom. The molecule has 0 bridgehead atoms. The molecular weight excluding hydrogens is 376 g/mol. The number of hydrogen-bond acceptors (Lipinski definition) is 4. The molecule has 4 rings (SSSR count). The summed E-state index contributed by atoms with van der Waals surface area (Å²) in [5.74, 6) is 0.587. The van der Waals surface area contributed by atoms with Crippen molar-refractivity contribution in [1.29, 1.82) is 0 Å². The predicted octanol–water partition coefficient (Wildman–Crippen LogP) is 3.42. The Balaban J connectivity index is 1.56. The Bertz CT molecular complexity index is 1130. The molecule has 1 unspecified atom stereocenters. The van der Waals surface area contributed by atoms with Gasteiger partial charge in [-0.3, -0.25) is 9.10 Å². The Hall–Kier alpha value is -2.80. The van der Waals surface area contributed by atoms with E-state index in [9.17, 15) is 13.2 Å². The van der Waals surface area contributed by atoms with Crippen molar-refractivity contribution in [2.24, 2.45) is 0 Å². The maximum Gasteiger partial charge on any atom is 0.254 e. The third-order valence-corrected chi connectivity index (χ3v) is 6.32. The molecule has 1 aromatic heterocycles. The van der Waals surface area contributed by atoms with E-state index < -0.39 is 10.0 Å². The van der Waals surface area contributed by atoms with E-state index in [1.807, 2.05) is 37.3 Å². The third-order valence-electron chi connectivity index (χ3n) is 5.05. The third kappa shape index (κ3) is 3.26. The van der Waals surface area contributed by atoms with Crippen LogP contribution in [-0.2, 0) is 23.0 Å². The van der Waals surface area contributed by atoms with Crippen LogP contribution in [0.15, 0.2) is 52.9 Å². The summed E-state index contributed by atoms with van der Waals surface area (Å²) in [5.41, 5.74) is 2.87. The van der Waals surface area contributed by atoms with Crippen molar-refractivity contribution < 1.29 is 17.6 Å². The summed E-state index contributed by atoms with van der Waals surface area (Å²) in [6.07, 6.45) is 1.80. The van der Waals surface area contributed by atoms with Gasteiger partial charge >= 0.3 is 0 Å². The molecule has 146 valence electrons. The van der Waals surface area contributed by atoms with Crippen LogP contribution in [0.4, 0.5) is 5.69 Å². The molecule has 0 N–H and O–H groups in total. The number of carbonyl (C=O) groups excluding carboxylic acids is 1. The standard InChI is InChI=1S/C21H22N2O4S/c1-14-10-17-11-16(8-9-19(17)23(14)28(3,25)26)21(24)22(2)13-18-12-15-6-4-5-7-20(15)27-18/h4-9,11-12,14H,10,13H2,1-3H3. The minimum absolute atomic E-state index is 0.131. The molecular formula is C21H22N2O4S. The van der Waals surface area contributed by atoms with E-state index in [2.05, 4.69) is 0 Å². The average molecular weight is 398 g/mol. The van der Waals surface area contributed by atoms with Gasteiger partial charge in [-0.25, -0.2) is 8.42 Å². The number of fused-ring (bicyclic) bond motifs is 2. The summed E-state index contributed by atoms with van der Waals surface area (Å²) in [6, 6.07) is 14.7. The first-order chi connectivity index (χ1) is 13.2. The molecule has 2 heterocycles. The van der Waals surface area contributed by atoms with Crippen molar-refractivity contribution in [3.05, 3.63) is 65.4 Å². The second-order valence-corrected chi connectivity index (χ2v) is 9.23. The van der Waals surface area contributed by atoms with Gasteiger partial charge < -0.3 is 9.32 Å². The van der Waals surface area contributed by atoms with Gasteiger partial charge in [-0.05, 0) is 49.2 Å². The van der Waals surface area contributed by atoms with Crippen molar-refractivity contribution >= 4 is 32.6 Å². The van der Waals surface area contributed by atoms with Crippen LogP contribution < -0.4 is 4.31 Å². The van der Waals surface area contributed by atoms with Gasteiger partial charge in [0.25, 0.3) is 5.91 Å². The van der Waals surface area contributed by atoms with Gasteiger partial charge in [0.2, 0.25) is 10.0 Å². The van der Waals surface area contributed by atoms with Crippen LogP contribution in [0.3, 0.4) is 0 Å². The van der Waals surface area contributed by atoms with E-state index in [0.29, 0.717) is 24.2 Å². The quantitative estimate of drug-likeness (QED) is 0.675. The van der Waals surface area contributed by atoms with Gasteiger partial charge in [-0.1, -0.05) is 18.2 Å². The van der Waals surface area contributed by atoms with E-state index >= 15 is 0 Å². The fourth-order valence-electron chi connectivity index (χ4n) is 3.88. The van der Waals surface area contributed by atoms with Crippen LogP contribution in [0.2, 0.25) is 0 Å². The topological polar surface area (TPSA) is 70.8 Å². The van der Waals surface area contributed by atoms with Crippen LogP contribution in [0.1, 0.15) is 28.6 Å². The highest BCUT2D eigenvalue weighted by atomic mass is 32.2. The molecule has 0 aliphatic carbocycles. The van der Waals surface area contributed by atoms with Gasteiger partial charge in [0.1, 0.15) is 11.3 Å². The number of furan rings is 1. The second kappa shape index (κ2) is 6.67. The molecule has 7 heteroatoms. The average Bonchev–Trinajstić information content (AvgIpc) is 3.18. The van der Waals surface area contributed by atoms with E-state index in [4.69, 9.17) is 4.42 Å². The fraction of sp³-hybridized carbons (Fsp3) is 0.286. The van der Waals surface area contributed by atoms with Crippen molar-refractivity contribution in [3.8, 4) is 0 Å². The van der Waals surface area contributed by atoms with E-state index in [1.54, 1.807) is 30.1 Å². The van der Waals surface area contributed by atoms with Crippen LogP contribution >= 0.6 is 0 Å². The molecule has 6 nitrogen and oxygen atoms in total. The van der Waals surface area contributed by atoms with Gasteiger partial charge in [0, 0.05) is 24.0 Å². The number of para-hydroxylation sites is 1. The van der Waals surface area contributed by atoms with Crippen molar-refractivity contribution in [2.75, 3.05) is 17.6 Å². The Labute approximate surface area is 164 Å². The molecule has 1 atom stereocenters. The zero-order valence-electron chi connectivity index (χ0n) is 16.0. The zero-order valence-corrected chi connectivity index (χ0v) is 16.9. The molecule has 0 radical (unpaired) electrons. The largest absolute Gasteiger partial charge is 0.459 e. The molecule has 0 fully saturated rings. The number of sulfonamides is 1. The SMILES string of the molecule is CC1Cc2cc(C(=O)N(C)Cc3cc4ccccc4o3)ccc2N1S(C)(=O)=O. The van der Waals surface area contributed by atoms with Crippen molar-refractivity contribution in [3.63, 3.8) is 0 Å². The normalized spacial score (nSPS) is 16.4.